The summed E-state index contributed by atoms with van der Waals surface area (Å²) in [4.78, 5) is 0. The van der Waals surface area contributed by atoms with E-state index in [0.717, 1.165) is 0 Å². The summed E-state index contributed by atoms with van der Waals surface area (Å²) in [5.41, 5.74) is 0.978. The van der Waals surface area contributed by atoms with Crippen molar-refractivity contribution < 1.29 is 13.9 Å². The lowest BCUT2D eigenvalue weighted by Gasteiger charge is -2.11. The van der Waals surface area contributed by atoms with E-state index >= 15 is 0 Å². The van der Waals surface area contributed by atoms with Gasteiger partial charge in [0.25, 0.3) is 0 Å². The Morgan fingerprint density at radius 2 is 2.18 bits per heavy atom. The summed E-state index contributed by atoms with van der Waals surface area (Å²) in [7, 11) is 0. The molecule has 0 aliphatic heterocycles. The van der Waals surface area contributed by atoms with Crippen molar-refractivity contribution in [3.63, 3.8) is 0 Å². The van der Waals surface area contributed by atoms with Crippen LogP contribution in [0.15, 0.2) is 34.9 Å². The van der Waals surface area contributed by atoms with Gasteiger partial charge in [0.1, 0.15) is 11.6 Å². The maximum Gasteiger partial charge on any atom is 0.127 e. The summed E-state index contributed by atoms with van der Waals surface area (Å²) < 4.78 is 18.6. The topological polar surface area (TPSA) is 33.4 Å². The quantitative estimate of drug-likeness (QED) is 0.907. The van der Waals surface area contributed by atoms with Gasteiger partial charge in [-0.05, 0) is 25.1 Å². The van der Waals surface area contributed by atoms with Crippen molar-refractivity contribution in [3.8, 4) is 0 Å². The molecule has 2 rings (SSSR count). The molecule has 1 heterocycles. The van der Waals surface area contributed by atoms with Crippen LogP contribution in [0.5, 0.6) is 0 Å². The fourth-order valence-corrected chi connectivity index (χ4v) is 2.01. The Kier molecular flexibility index (Phi) is 3.50. The van der Waals surface area contributed by atoms with Crippen molar-refractivity contribution in [2.24, 2.45) is 0 Å². The first kappa shape index (κ1) is 12.1. The second kappa shape index (κ2) is 4.90. The summed E-state index contributed by atoms with van der Waals surface area (Å²) in [6.45, 7) is 1.75. The molecular formula is C13H12ClFO2. The van der Waals surface area contributed by atoms with E-state index in [1.54, 1.807) is 19.1 Å². The maximum atomic E-state index is 13.5. The van der Waals surface area contributed by atoms with Crippen LogP contribution in [0.2, 0.25) is 5.02 Å². The lowest BCUT2D eigenvalue weighted by atomic mass is 10.0. The van der Waals surface area contributed by atoms with E-state index in [-0.39, 0.29) is 6.42 Å². The monoisotopic (exact) mass is 254 g/mol. The molecule has 0 spiro atoms. The van der Waals surface area contributed by atoms with Crippen molar-refractivity contribution in [1.29, 1.82) is 0 Å². The molecule has 1 atom stereocenters. The maximum absolute atomic E-state index is 13.5. The molecule has 0 aliphatic carbocycles. The van der Waals surface area contributed by atoms with Gasteiger partial charge in [-0.25, -0.2) is 4.39 Å². The highest BCUT2D eigenvalue weighted by molar-refractivity contribution is 6.31. The van der Waals surface area contributed by atoms with Crippen molar-refractivity contribution in [2.45, 2.75) is 19.4 Å². The fraction of sp³-hybridized carbons (Fsp3) is 0.231. The molecule has 1 unspecified atom stereocenters. The molecule has 2 aromatic rings. The molecule has 0 aliphatic rings. The van der Waals surface area contributed by atoms with Crippen LogP contribution >= 0.6 is 11.6 Å². The predicted octanol–water partition coefficient (Wildman–Crippen LogP) is 3.66. The highest BCUT2D eigenvalue weighted by Gasteiger charge is 2.17. The fourth-order valence-electron chi connectivity index (χ4n) is 1.77. The van der Waals surface area contributed by atoms with Crippen LogP contribution in [0.4, 0.5) is 4.39 Å². The molecule has 0 bridgehead atoms. The highest BCUT2D eigenvalue weighted by Crippen LogP contribution is 2.27. The van der Waals surface area contributed by atoms with E-state index in [4.69, 9.17) is 16.0 Å². The molecule has 17 heavy (non-hydrogen) atoms. The SMILES string of the molecule is Cc1occc1C(O)Cc1c(F)cccc1Cl. The zero-order valence-corrected chi connectivity index (χ0v) is 10.0. The minimum Gasteiger partial charge on any atom is -0.469 e. The average molecular weight is 255 g/mol. The van der Waals surface area contributed by atoms with Crippen molar-refractivity contribution in [1.82, 2.24) is 0 Å². The van der Waals surface area contributed by atoms with E-state index in [9.17, 15) is 9.50 Å². The summed E-state index contributed by atoms with van der Waals surface area (Å²) in [5, 5.41) is 10.3. The predicted molar refractivity (Wildman–Crippen MR) is 63.5 cm³/mol. The van der Waals surface area contributed by atoms with Gasteiger partial charge in [-0.2, -0.15) is 0 Å². The van der Waals surface area contributed by atoms with Gasteiger partial charge in [-0.15, -0.1) is 0 Å². The summed E-state index contributed by atoms with van der Waals surface area (Å²) in [6, 6.07) is 6.15. The number of aliphatic hydroxyl groups excluding tert-OH is 1. The molecule has 2 nitrogen and oxygen atoms in total. The normalized spacial score (nSPS) is 12.7. The molecule has 0 saturated carbocycles. The van der Waals surface area contributed by atoms with Crippen molar-refractivity contribution in [2.75, 3.05) is 0 Å². The first-order valence-corrected chi connectivity index (χ1v) is 5.62. The van der Waals surface area contributed by atoms with E-state index in [1.165, 1.54) is 18.4 Å². The van der Waals surface area contributed by atoms with Crippen LogP contribution in [0.25, 0.3) is 0 Å². The number of aryl methyl sites for hydroxylation is 1. The van der Waals surface area contributed by atoms with Crippen LogP contribution in [0.1, 0.15) is 23.0 Å². The molecule has 0 radical (unpaired) electrons. The molecule has 1 aromatic carbocycles. The van der Waals surface area contributed by atoms with Gasteiger partial charge >= 0.3 is 0 Å². The Labute approximate surface area is 104 Å². The molecular weight excluding hydrogens is 243 g/mol. The zero-order valence-electron chi connectivity index (χ0n) is 9.28. The van der Waals surface area contributed by atoms with Crippen LogP contribution in [0.3, 0.4) is 0 Å². The molecule has 0 fully saturated rings. The molecule has 90 valence electrons. The van der Waals surface area contributed by atoms with Gasteiger partial charge < -0.3 is 9.52 Å². The van der Waals surface area contributed by atoms with E-state index in [2.05, 4.69) is 0 Å². The van der Waals surface area contributed by atoms with Gasteiger partial charge in [0.05, 0.1) is 12.4 Å². The summed E-state index contributed by atoms with van der Waals surface area (Å²) in [5.74, 6) is 0.225. The van der Waals surface area contributed by atoms with Crippen molar-refractivity contribution in [3.05, 3.63) is 58.3 Å². The Morgan fingerprint density at radius 1 is 1.41 bits per heavy atom. The third-order valence-electron chi connectivity index (χ3n) is 2.72. The number of hydrogen-bond donors (Lipinski definition) is 1. The second-order valence-electron chi connectivity index (χ2n) is 3.85. The van der Waals surface area contributed by atoms with Crippen LogP contribution < -0.4 is 0 Å². The van der Waals surface area contributed by atoms with Gasteiger partial charge in [-0.3, -0.25) is 0 Å². The van der Waals surface area contributed by atoms with E-state index < -0.39 is 11.9 Å². The van der Waals surface area contributed by atoms with Crippen molar-refractivity contribution >= 4 is 11.6 Å². The summed E-state index contributed by atoms with van der Waals surface area (Å²) in [6.07, 6.45) is 0.811. The molecule has 4 heteroatoms. The molecule has 0 amide bonds. The number of halogens is 2. The molecule has 1 aromatic heterocycles. The van der Waals surface area contributed by atoms with E-state index in [1.807, 2.05) is 0 Å². The average Bonchev–Trinajstić information content (AvgIpc) is 2.70. The number of hydrogen-bond acceptors (Lipinski definition) is 2. The third kappa shape index (κ3) is 2.51. The third-order valence-corrected chi connectivity index (χ3v) is 3.07. The molecule has 0 saturated heterocycles. The van der Waals surface area contributed by atoms with Gasteiger partial charge in [0, 0.05) is 22.6 Å². The lowest BCUT2D eigenvalue weighted by molar-refractivity contribution is 0.175. The Hall–Kier alpha value is -1.32. The van der Waals surface area contributed by atoms with Gasteiger partial charge in [-0.1, -0.05) is 17.7 Å². The minimum absolute atomic E-state index is 0.131. The van der Waals surface area contributed by atoms with Gasteiger partial charge in [0.2, 0.25) is 0 Å². The first-order chi connectivity index (χ1) is 8.09. The zero-order chi connectivity index (χ0) is 12.4. The lowest BCUT2D eigenvalue weighted by Crippen LogP contribution is -2.04. The Morgan fingerprint density at radius 3 is 2.76 bits per heavy atom. The van der Waals surface area contributed by atoms with Crippen LogP contribution in [0, 0.1) is 12.7 Å². The standard InChI is InChI=1S/C13H12ClFO2/c1-8-9(5-6-17-8)13(16)7-10-11(14)3-2-4-12(10)15/h2-6,13,16H,7H2,1H3. The highest BCUT2D eigenvalue weighted by atomic mass is 35.5. The largest absolute Gasteiger partial charge is 0.469 e. The number of benzene rings is 1. The smallest absolute Gasteiger partial charge is 0.127 e. The Bertz CT molecular complexity index is 502. The van der Waals surface area contributed by atoms with Crippen LogP contribution in [-0.2, 0) is 6.42 Å². The van der Waals surface area contributed by atoms with E-state index in [0.29, 0.717) is 21.9 Å². The number of furan rings is 1. The number of rotatable bonds is 3. The molecule has 1 N–H and O–H groups in total. The minimum atomic E-state index is -0.817. The van der Waals surface area contributed by atoms with Gasteiger partial charge in [0.15, 0.2) is 0 Å². The summed E-state index contributed by atoms with van der Waals surface area (Å²) >= 11 is 5.90. The van der Waals surface area contributed by atoms with Crippen LogP contribution in [-0.4, -0.2) is 5.11 Å². The Balaban J connectivity index is 2.25. The number of aliphatic hydroxyl groups is 1. The second-order valence-corrected chi connectivity index (χ2v) is 4.26. The first-order valence-electron chi connectivity index (χ1n) is 5.24.